The van der Waals surface area contributed by atoms with Crippen LogP contribution in [0, 0.1) is 11.2 Å². The first-order valence-electron chi connectivity index (χ1n) is 12.0. The number of nitriles is 1. The zero-order valence-electron chi connectivity index (χ0n) is 20.2. The van der Waals surface area contributed by atoms with Crippen molar-refractivity contribution in [2.45, 2.75) is 59.1 Å². The summed E-state index contributed by atoms with van der Waals surface area (Å²) in [6.07, 6.45) is 7.48. The van der Waals surface area contributed by atoms with Gasteiger partial charge in [-0.25, -0.2) is 10.2 Å². The monoisotopic (exact) mass is 441 g/mol. The molecule has 0 amide bonds. The molecule has 5 rings (SSSR count). The molecule has 2 aromatic heterocycles. The fourth-order valence-electron chi connectivity index (χ4n) is 4.42. The summed E-state index contributed by atoms with van der Waals surface area (Å²) in [5, 5.41) is 15.1. The van der Waals surface area contributed by atoms with Gasteiger partial charge in [0.05, 0.1) is 22.1 Å². The summed E-state index contributed by atoms with van der Waals surface area (Å²) >= 11 is 0. The molecule has 1 aliphatic heterocycles. The highest BCUT2D eigenvalue weighted by molar-refractivity contribution is 6.67. The van der Waals surface area contributed by atoms with Gasteiger partial charge in [-0.2, -0.15) is 5.10 Å². The van der Waals surface area contributed by atoms with Crippen molar-refractivity contribution in [1.82, 2.24) is 19.3 Å². The molecule has 0 aliphatic carbocycles. The zero-order valence-corrected chi connectivity index (χ0v) is 20.2. The molecule has 2 aromatic carbocycles. The molecule has 0 radical (unpaired) electrons. The van der Waals surface area contributed by atoms with Gasteiger partial charge >= 0.3 is 0 Å². The predicted octanol–water partition coefficient (Wildman–Crippen LogP) is 5.76. The van der Waals surface area contributed by atoms with E-state index in [0.717, 1.165) is 47.6 Å². The number of rotatable bonds is 2. The van der Waals surface area contributed by atoms with Crippen molar-refractivity contribution in [1.29, 1.82) is 5.26 Å². The minimum atomic E-state index is -0.0713. The molecule has 0 N–H and O–H groups in total. The number of hydrogen-bond donors (Lipinski definition) is 0. The van der Waals surface area contributed by atoms with Crippen molar-refractivity contribution in [2.24, 2.45) is 7.05 Å². The molecule has 4 aromatic rings. The third kappa shape index (κ3) is 5.00. The van der Waals surface area contributed by atoms with Crippen LogP contribution in [-0.2, 0) is 7.05 Å². The molecule has 7 heteroatoms. The average Bonchev–Trinajstić information content (AvgIpc) is 3.26. The molecule has 0 atom stereocenters. The third-order valence-corrected chi connectivity index (χ3v) is 6.05. The topological polar surface area (TPSA) is 76.5 Å². The van der Waals surface area contributed by atoms with E-state index in [9.17, 15) is 4.79 Å². The first-order valence-corrected chi connectivity index (χ1v) is 12.0. The largest absolute Gasteiger partial charge is 0.275 e. The fourth-order valence-corrected chi connectivity index (χ4v) is 4.42. The SMILES string of the molecule is CC.CC.Cn1cc2cc(-n3cnc4cc(C5CCB(C#N)CC5)ccc4c3=O)ccc2n1. The summed E-state index contributed by atoms with van der Waals surface area (Å²) in [6, 6.07) is 11.8. The maximum Gasteiger partial charge on any atom is 0.267 e. The van der Waals surface area contributed by atoms with Gasteiger partial charge in [-0.15, -0.1) is 0 Å². The van der Waals surface area contributed by atoms with E-state index in [-0.39, 0.29) is 12.3 Å². The lowest BCUT2D eigenvalue weighted by Crippen LogP contribution is -2.20. The van der Waals surface area contributed by atoms with Crippen LogP contribution in [0.4, 0.5) is 0 Å². The van der Waals surface area contributed by atoms with Crippen molar-refractivity contribution in [3.63, 3.8) is 0 Å². The predicted molar refractivity (Wildman–Crippen MR) is 137 cm³/mol. The van der Waals surface area contributed by atoms with Crippen molar-refractivity contribution < 1.29 is 0 Å². The van der Waals surface area contributed by atoms with Crippen LogP contribution in [-0.4, -0.2) is 26.0 Å². The van der Waals surface area contributed by atoms with E-state index in [1.165, 1.54) is 5.56 Å². The normalized spacial score (nSPS) is 13.6. The zero-order chi connectivity index (χ0) is 24.0. The van der Waals surface area contributed by atoms with Crippen LogP contribution < -0.4 is 5.56 Å². The summed E-state index contributed by atoms with van der Waals surface area (Å²) in [7, 11) is 1.88. The summed E-state index contributed by atoms with van der Waals surface area (Å²) in [5.74, 6) is 2.83. The Hall–Kier alpha value is -3.40. The van der Waals surface area contributed by atoms with Crippen molar-refractivity contribution >= 4 is 28.5 Å². The first kappa shape index (κ1) is 24.3. The highest BCUT2D eigenvalue weighted by Crippen LogP contribution is 2.34. The molecule has 0 spiro atoms. The lowest BCUT2D eigenvalue weighted by molar-refractivity contribution is 0.612. The molecule has 0 bridgehead atoms. The van der Waals surface area contributed by atoms with Crippen LogP contribution in [0.15, 0.2) is 53.7 Å². The quantitative estimate of drug-likeness (QED) is 0.371. The Kier molecular flexibility index (Phi) is 8.05. The van der Waals surface area contributed by atoms with E-state index in [4.69, 9.17) is 5.26 Å². The van der Waals surface area contributed by atoms with Crippen LogP contribution in [0.5, 0.6) is 0 Å². The minimum Gasteiger partial charge on any atom is -0.275 e. The molecular formula is C26H32BN5O. The van der Waals surface area contributed by atoms with Crippen LogP contribution in [0.2, 0.25) is 12.6 Å². The van der Waals surface area contributed by atoms with E-state index < -0.39 is 0 Å². The van der Waals surface area contributed by atoms with Crippen molar-refractivity contribution in [3.8, 4) is 11.7 Å². The van der Waals surface area contributed by atoms with Crippen LogP contribution in [0.25, 0.3) is 27.5 Å². The summed E-state index contributed by atoms with van der Waals surface area (Å²) in [5.41, 5.74) is 3.56. The second-order valence-electron chi connectivity index (χ2n) is 7.92. The van der Waals surface area contributed by atoms with Gasteiger partial charge in [-0.1, -0.05) is 59.2 Å². The number of aromatic nitrogens is 4. The second kappa shape index (κ2) is 11.0. The Morgan fingerprint density at radius 3 is 2.45 bits per heavy atom. The Morgan fingerprint density at radius 2 is 1.76 bits per heavy atom. The van der Waals surface area contributed by atoms with E-state index in [0.29, 0.717) is 11.3 Å². The van der Waals surface area contributed by atoms with Crippen LogP contribution in [0.1, 0.15) is 52.0 Å². The van der Waals surface area contributed by atoms with Gasteiger partial charge in [0.1, 0.15) is 6.33 Å². The maximum atomic E-state index is 13.1. The molecule has 0 unspecified atom stereocenters. The Bertz CT molecular complexity index is 1330. The molecule has 3 heterocycles. The molecule has 1 saturated heterocycles. The highest BCUT2D eigenvalue weighted by Gasteiger charge is 2.25. The molecule has 33 heavy (non-hydrogen) atoms. The Labute approximate surface area is 196 Å². The number of hydrogen-bond acceptors (Lipinski definition) is 4. The smallest absolute Gasteiger partial charge is 0.267 e. The van der Waals surface area contributed by atoms with Crippen molar-refractivity contribution in [3.05, 3.63) is 64.8 Å². The molecular weight excluding hydrogens is 409 g/mol. The van der Waals surface area contributed by atoms with Gasteiger partial charge < -0.3 is 0 Å². The lowest BCUT2D eigenvalue weighted by Gasteiger charge is -2.23. The summed E-state index contributed by atoms with van der Waals surface area (Å²) in [4.78, 5) is 17.7. The maximum absolute atomic E-state index is 13.1. The minimum absolute atomic E-state index is 0.0713. The summed E-state index contributed by atoms with van der Waals surface area (Å²) < 4.78 is 3.36. The van der Waals surface area contributed by atoms with Gasteiger partial charge in [-0.3, -0.25) is 14.0 Å². The molecule has 6 nitrogen and oxygen atoms in total. The number of benzene rings is 2. The van der Waals surface area contributed by atoms with Gasteiger partial charge in [-0.05, 0) is 41.8 Å². The van der Waals surface area contributed by atoms with E-state index >= 15 is 0 Å². The van der Waals surface area contributed by atoms with Crippen LogP contribution in [0.3, 0.4) is 0 Å². The van der Waals surface area contributed by atoms with Gasteiger partial charge in [0.2, 0.25) is 0 Å². The third-order valence-electron chi connectivity index (χ3n) is 6.05. The molecule has 0 saturated carbocycles. The van der Waals surface area contributed by atoms with Crippen LogP contribution >= 0.6 is 0 Å². The lowest BCUT2D eigenvalue weighted by atomic mass is 9.41. The van der Waals surface area contributed by atoms with Gasteiger partial charge in [0.15, 0.2) is 0 Å². The molecule has 1 fully saturated rings. The second-order valence-corrected chi connectivity index (χ2v) is 7.92. The van der Waals surface area contributed by atoms with E-state index in [1.54, 1.807) is 15.6 Å². The molecule has 1 aliphatic rings. The first-order chi connectivity index (χ1) is 16.1. The fraction of sp³-hybridized carbons (Fsp3) is 0.385. The highest BCUT2D eigenvalue weighted by atomic mass is 16.1. The number of nitrogens with zero attached hydrogens (tertiary/aromatic N) is 5. The van der Waals surface area contributed by atoms with Gasteiger partial charge in [0, 0.05) is 24.6 Å². The number of aryl methyl sites for hydroxylation is 1. The van der Waals surface area contributed by atoms with Gasteiger partial charge in [0.25, 0.3) is 12.3 Å². The number of fused-ring (bicyclic) bond motifs is 2. The van der Waals surface area contributed by atoms with E-state index in [2.05, 4.69) is 22.1 Å². The van der Waals surface area contributed by atoms with E-state index in [1.807, 2.05) is 71.3 Å². The summed E-state index contributed by atoms with van der Waals surface area (Å²) in [6.45, 7) is 8.19. The van der Waals surface area contributed by atoms with Crippen molar-refractivity contribution in [2.75, 3.05) is 0 Å². The Morgan fingerprint density at radius 1 is 1.03 bits per heavy atom. The standard InChI is InChI=1S/C22H20BN5O.2C2H6/c1-27-12-17-10-18(3-5-20(17)26-27)28-14-25-21-11-16(2-4-19(21)22(28)29)15-6-8-23(13-24)9-7-15;2*1-2/h2-5,10-12,14-15H,6-9H2,1H3;2*1-2H3. The Balaban J connectivity index is 0.000000728. The molecule has 170 valence electrons. The average molecular weight is 441 g/mol.